The van der Waals surface area contributed by atoms with Gasteiger partial charge in [0.25, 0.3) is 0 Å². The van der Waals surface area contributed by atoms with Gasteiger partial charge in [0, 0.05) is 49.4 Å². The Hall–Kier alpha value is -6.96. The van der Waals surface area contributed by atoms with Crippen molar-refractivity contribution >= 4 is 71.5 Å². The Labute approximate surface area is 294 Å². The number of para-hydroxylation sites is 3. The fourth-order valence-corrected chi connectivity index (χ4v) is 8.02. The van der Waals surface area contributed by atoms with E-state index < -0.39 is 0 Å². The van der Waals surface area contributed by atoms with E-state index in [-0.39, 0.29) is 0 Å². The molecule has 238 valence electrons. The van der Waals surface area contributed by atoms with E-state index in [2.05, 4.69) is 162 Å². The molecule has 0 unspecified atom stereocenters. The van der Waals surface area contributed by atoms with Crippen LogP contribution >= 0.6 is 0 Å². The van der Waals surface area contributed by atoms with Gasteiger partial charge in [-0.3, -0.25) is 4.98 Å². The summed E-state index contributed by atoms with van der Waals surface area (Å²) < 4.78 is 4.77. The molecule has 0 saturated carbocycles. The fraction of sp³-hybridized carbons (Fsp3) is 0.0213. The van der Waals surface area contributed by atoms with Crippen LogP contribution in [0, 0.1) is 19.3 Å². The first-order chi connectivity index (χ1) is 25.2. The van der Waals surface area contributed by atoms with Crippen molar-refractivity contribution in [2.45, 2.75) is 6.92 Å². The van der Waals surface area contributed by atoms with Crippen molar-refractivity contribution in [3.8, 4) is 35.0 Å². The normalized spacial score (nSPS) is 11.9. The number of fused-ring (bicyclic) bond motifs is 10. The van der Waals surface area contributed by atoms with Crippen LogP contribution in [0.15, 0.2) is 152 Å². The highest BCUT2D eigenvalue weighted by Crippen LogP contribution is 2.43. The molecule has 0 radical (unpaired) electrons. The zero-order valence-electron chi connectivity index (χ0n) is 27.9. The van der Waals surface area contributed by atoms with E-state index in [1.165, 1.54) is 32.6 Å². The fourth-order valence-electron chi connectivity index (χ4n) is 8.02. The maximum atomic E-state index is 5.67. The van der Waals surface area contributed by atoms with Gasteiger partial charge in [-0.15, -0.1) is 6.42 Å². The molecule has 0 bridgehead atoms. The van der Waals surface area contributed by atoms with Gasteiger partial charge in [0.2, 0.25) is 0 Å². The average molecular weight is 651 g/mol. The molecule has 0 fully saturated rings. The number of benzene rings is 7. The van der Waals surface area contributed by atoms with Crippen molar-refractivity contribution in [3.63, 3.8) is 0 Å². The SMILES string of the molecule is C#C/C=C\c1c(C)c2ccccc2c2ncc(-c3ccc4c5c6c7ccccc7n(-c7ccccc7)c6ccc5n(-c5ccccc5)c4c3)nc12. The third-order valence-corrected chi connectivity index (χ3v) is 10.3. The van der Waals surface area contributed by atoms with E-state index in [4.69, 9.17) is 16.4 Å². The highest BCUT2D eigenvalue weighted by molar-refractivity contribution is 6.29. The zero-order chi connectivity index (χ0) is 34.1. The molecular weight excluding hydrogens is 621 g/mol. The molecule has 0 spiro atoms. The standard InChI is InChI=1S/C47H30N4/c1-3-4-19-35-30(2)34-20-11-12-21-36(34)46-47(35)49-39(29-48-46)31-24-25-38-43(28-31)51(33-17-9-6-10-18-33)42-27-26-41-44(45(38)42)37-22-13-14-23-40(37)50(41)32-15-7-5-8-16-32/h1,4-29H,2H3/b19-4-. The lowest BCUT2D eigenvalue weighted by Crippen LogP contribution is -1.96. The van der Waals surface area contributed by atoms with Crippen LogP contribution in [-0.4, -0.2) is 19.1 Å². The van der Waals surface area contributed by atoms with Crippen LogP contribution in [0.2, 0.25) is 0 Å². The first kappa shape index (κ1) is 29.0. The number of aromatic nitrogens is 4. The summed E-state index contributed by atoms with van der Waals surface area (Å²) in [6.07, 6.45) is 11.3. The monoisotopic (exact) mass is 650 g/mol. The van der Waals surface area contributed by atoms with E-state index in [0.717, 1.165) is 66.6 Å². The van der Waals surface area contributed by atoms with E-state index in [0.29, 0.717) is 0 Å². The third-order valence-electron chi connectivity index (χ3n) is 10.3. The molecule has 4 nitrogen and oxygen atoms in total. The van der Waals surface area contributed by atoms with E-state index in [1.54, 1.807) is 6.08 Å². The van der Waals surface area contributed by atoms with Crippen LogP contribution in [-0.2, 0) is 0 Å². The summed E-state index contributed by atoms with van der Waals surface area (Å²) >= 11 is 0. The number of nitrogens with zero attached hydrogens (tertiary/aromatic N) is 4. The molecule has 0 saturated heterocycles. The number of hydrogen-bond acceptors (Lipinski definition) is 2. The number of terminal acetylenes is 1. The third kappa shape index (κ3) is 4.29. The second-order valence-electron chi connectivity index (χ2n) is 13.0. The van der Waals surface area contributed by atoms with Crippen LogP contribution < -0.4 is 0 Å². The molecule has 4 heteroatoms. The van der Waals surface area contributed by atoms with Crippen molar-refractivity contribution in [2.75, 3.05) is 0 Å². The molecule has 0 atom stereocenters. The Morgan fingerprint density at radius 2 is 1.16 bits per heavy atom. The Balaban J connectivity index is 1.29. The Morgan fingerprint density at radius 1 is 0.569 bits per heavy atom. The topological polar surface area (TPSA) is 35.6 Å². The Kier molecular flexibility index (Phi) is 6.43. The minimum Gasteiger partial charge on any atom is -0.309 e. The van der Waals surface area contributed by atoms with Crippen LogP contribution in [0.4, 0.5) is 0 Å². The molecule has 0 amide bonds. The quantitative estimate of drug-likeness (QED) is 0.140. The van der Waals surface area contributed by atoms with Crippen LogP contribution in [0.3, 0.4) is 0 Å². The molecule has 0 aliphatic carbocycles. The van der Waals surface area contributed by atoms with Crippen molar-refractivity contribution in [1.82, 2.24) is 19.1 Å². The van der Waals surface area contributed by atoms with Gasteiger partial charge in [0.05, 0.1) is 45.0 Å². The van der Waals surface area contributed by atoms with Gasteiger partial charge in [-0.05, 0) is 78.6 Å². The summed E-state index contributed by atoms with van der Waals surface area (Å²) in [7, 11) is 0. The van der Waals surface area contributed by atoms with Gasteiger partial charge in [-0.2, -0.15) is 0 Å². The summed E-state index contributed by atoms with van der Waals surface area (Å²) in [5.74, 6) is 2.66. The smallest absolute Gasteiger partial charge is 0.0976 e. The molecule has 7 aromatic carbocycles. The van der Waals surface area contributed by atoms with Crippen molar-refractivity contribution in [3.05, 3.63) is 163 Å². The zero-order valence-corrected chi connectivity index (χ0v) is 27.9. The number of rotatable bonds is 4. The highest BCUT2D eigenvalue weighted by atomic mass is 15.0. The minimum atomic E-state index is 0.810. The predicted molar refractivity (Wildman–Crippen MR) is 214 cm³/mol. The number of hydrogen-bond donors (Lipinski definition) is 0. The summed E-state index contributed by atoms with van der Waals surface area (Å²) in [6.45, 7) is 2.13. The second-order valence-corrected chi connectivity index (χ2v) is 13.0. The predicted octanol–water partition coefficient (Wildman–Crippen LogP) is 11.6. The molecule has 0 aliphatic rings. The molecule has 0 aliphatic heterocycles. The second kappa shape index (κ2) is 11.3. The van der Waals surface area contributed by atoms with Crippen molar-refractivity contribution in [2.24, 2.45) is 0 Å². The molecule has 3 heterocycles. The summed E-state index contributed by atoms with van der Waals surface area (Å²) in [4.78, 5) is 10.4. The minimum absolute atomic E-state index is 0.810. The van der Waals surface area contributed by atoms with Crippen LogP contribution in [0.1, 0.15) is 11.1 Å². The lowest BCUT2D eigenvalue weighted by molar-refractivity contribution is 1.17. The van der Waals surface area contributed by atoms with E-state index >= 15 is 0 Å². The van der Waals surface area contributed by atoms with Crippen LogP contribution in [0.25, 0.3) is 94.1 Å². The lowest BCUT2D eigenvalue weighted by Gasteiger charge is -2.13. The van der Waals surface area contributed by atoms with E-state index in [9.17, 15) is 0 Å². The van der Waals surface area contributed by atoms with Crippen LogP contribution in [0.5, 0.6) is 0 Å². The molecule has 10 rings (SSSR count). The first-order valence-corrected chi connectivity index (χ1v) is 17.1. The summed E-state index contributed by atoms with van der Waals surface area (Å²) in [6, 6.07) is 49.6. The number of allylic oxidation sites excluding steroid dienone is 1. The number of aryl methyl sites for hydroxylation is 1. The van der Waals surface area contributed by atoms with Gasteiger partial charge < -0.3 is 9.13 Å². The molecule has 51 heavy (non-hydrogen) atoms. The summed E-state index contributed by atoms with van der Waals surface area (Å²) in [5.41, 5.74) is 12.5. The first-order valence-electron chi connectivity index (χ1n) is 17.1. The van der Waals surface area contributed by atoms with Crippen molar-refractivity contribution in [1.29, 1.82) is 0 Å². The molecule has 10 aromatic rings. The van der Waals surface area contributed by atoms with Gasteiger partial charge in [-0.25, -0.2) is 4.98 Å². The average Bonchev–Trinajstić information content (AvgIpc) is 3.71. The van der Waals surface area contributed by atoms with Gasteiger partial charge in [-0.1, -0.05) is 96.9 Å². The largest absolute Gasteiger partial charge is 0.309 e. The Morgan fingerprint density at radius 3 is 1.84 bits per heavy atom. The maximum Gasteiger partial charge on any atom is 0.0976 e. The highest BCUT2D eigenvalue weighted by Gasteiger charge is 2.21. The van der Waals surface area contributed by atoms with Gasteiger partial charge in [0.1, 0.15) is 0 Å². The maximum absolute atomic E-state index is 5.67. The van der Waals surface area contributed by atoms with E-state index in [1.807, 2.05) is 12.3 Å². The molecular formula is C47H30N4. The van der Waals surface area contributed by atoms with Crippen molar-refractivity contribution < 1.29 is 0 Å². The molecule has 3 aromatic heterocycles. The Bertz CT molecular complexity index is 3080. The lowest BCUT2D eigenvalue weighted by atomic mass is 9.96. The summed E-state index contributed by atoms with van der Waals surface area (Å²) in [5, 5.41) is 7.13. The van der Waals surface area contributed by atoms with Gasteiger partial charge in [0.15, 0.2) is 0 Å². The molecule has 0 N–H and O–H groups in total. The van der Waals surface area contributed by atoms with Gasteiger partial charge >= 0.3 is 0 Å².